The number of nitriles is 1. The number of benzene rings is 1. The van der Waals surface area contributed by atoms with E-state index < -0.39 is 0 Å². The summed E-state index contributed by atoms with van der Waals surface area (Å²) in [6.07, 6.45) is 6.11. The molecule has 0 spiro atoms. The topological polar surface area (TPSA) is 41.6 Å². The van der Waals surface area contributed by atoms with Crippen LogP contribution in [0.2, 0.25) is 0 Å². The summed E-state index contributed by atoms with van der Waals surface area (Å²) in [5, 5.41) is 13.7. The predicted molar refractivity (Wildman–Crippen MR) is 60.0 cm³/mol. The summed E-state index contributed by atoms with van der Waals surface area (Å²) in [4.78, 5) is 0. The van der Waals surface area contributed by atoms with Crippen molar-refractivity contribution < 1.29 is 0 Å². The van der Waals surface area contributed by atoms with Crippen molar-refractivity contribution in [3.8, 4) is 6.07 Å². The van der Waals surface area contributed by atoms with Crippen LogP contribution in [0.5, 0.6) is 0 Å². The quantitative estimate of drug-likeness (QED) is 0.742. The normalized spacial score (nSPS) is 10.9. The molecule has 74 valence electrons. The van der Waals surface area contributed by atoms with Gasteiger partial charge in [-0.25, -0.2) is 0 Å². The molecule has 0 atom stereocenters. The molecule has 0 unspecified atom stereocenters. The van der Waals surface area contributed by atoms with Crippen LogP contribution >= 0.6 is 0 Å². The highest BCUT2D eigenvalue weighted by atomic mass is 15.2. The second-order valence-corrected chi connectivity index (χ2v) is 3.35. The van der Waals surface area contributed by atoms with E-state index in [1.165, 1.54) is 0 Å². The predicted octanol–water partition coefficient (Wildman–Crippen LogP) is 2.50. The van der Waals surface area contributed by atoms with Gasteiger partial charge in [-0.1, -0.05) is 24.3 Å². The Labute approximate surface area is 88.2 Å². The molecule has 0 bridgehead atoms. The molecule has 2 rings (SSSR count). The number of hydrogen-bond donors (Lipinski definition) is 0. The largest absolute Gasteiger partial charge is 0.268 e. The third kappa shape index (κ3) is 1.89. The fourth-order valence-electron chi connectivity index (χ4n) is 1.51. The molecular formula is C12H11N3. The average Bonchev–Trinajstić information content (AvgIpc) is 2.61. The Bertz CT molecular complexity index is 543. The number of allylic oxidation sites excluding steroid dienone is 1. The number of aryl methyl sites for hydroxylation is 1. The molecule has 0 aliphatic carbocycles. The van der Waals surface area contributed by atoms with Crippen LogP contribution in [0, 0.1) is 11.3 Å². The Kier molecular flexibility index (Phi) is 2.51. The van der Waals surface area contributed by atoms with E-state index in [2.05, 4.69) is 17.2 Å². The van der Waals surface area contributed by atoms with E-state index in [1.807, 2.05) is 42.2 Å². The van der Waals surface area contributed by atoms with E-state index in [0.717, 1.165) is 16.5 Å². The van der Waals surface area contributed by atoms with Crippen molar-refractivity contribution in [1.82, 2.24) is 9.78 Å². The highest BCUT2D eigenvalue weighted by Gasteiger charge is 1.98. The summed E-state index contributed by atoms with van der Waals surface area (Å²) in [5.41, 5.74) is 2.20. The third-order valence-electron chi connectivity index (χ3n) is 2.29. The van der Waals surface area contributed by atoms with Crippen LogP contribution in [0.25, 0.3) is 17.0 Å². The molecule has 0 aliphatic heterocycles. The lowest BCUT2D eigenvalue weighted by Crippen LogP contribution is -1.88. The average molecular weight is 197 g/mol. The number of aromatic nitrogens is 2. The molecule has 0 fully saturated rings. The van der Waals surface area contributed by atoms with E-state index >= 15 is 0 Å². The molecule has 1 aromatic carbocycles. The molecule has 0 N–H and O–H groups in total. The first-order chi connectivity index (χ1) is 7.31. The Morgan fingerprint density at radius 1 is 1.53 bits per heavy atom. The van der Waals surface area contributed by atoms with E-state index in [1.54, 1.807) is 0 Å². The third-order valence-corrected chi connectivity index (χ3v) is 2.29. The van der Waals surface area contributed by atoms with Crippen molar-refractivity contribution in [3.05, 3.63) is 36.0 Å². The van der Waals surface area contributed by atoms with Crippen molar-refractivity contribution in [3.63, 3.8) is 0 Å². The standard InChI is InChI=1S/C12H11N3/c1-15-12-8-10(4-2-3-7-13)5-6-11(12)9-14-15/h2,4-6,8-9H,3H2,1H3. The zero-order valence-corrected chi connectivity index (χ0v) is 8.51. The number of nitrogens with zero attached hydrogens (tertiary/aromatic N) is 3. The zero-order chi connectivity index (χ0) is 10.7. The smallest absolute Gasteiger partial charge is 0.0685 e. The first-order valence-electron chi connectivity index (χ1n) is 4.76. The van der Waals surface area contributed by atoms with Crippen LogP contribution in [-0.2, 0) is 7.05 Å². The van der Waals surface area contributed by atoms with Gasteiger partial charge in [0.2, 0.25) is 0 Å². The van der Waals surface area contributed by atoms with Crippen LogP contribution in [-0.4, -0.2) is 9.78 Å². The molecule has 0 radical (unpaired) electrons. The SMILES string of the molecule is Cn1ncc2ccc(C=CCC#N)cc21. The summed E-state index contributed by atoms with van der Waals surface area (Å²) in [6, 6.07) is 8.20. The van der Waals surface area contributed by atoms with E-state index in [0.29, 0.717) is 6.42 Å². The number of rotatable bonds is 2. The maximum absolute atomic E-state index is 8.41. The maximum Gasteiger partial charge on any atom is 0.0685 e. The molecule has 3 heteroatoms. The van der Waals surface area contributed by atoms with E-state index in [9.17, 15) is 0 Å². The lowest BCUT2D eigenvalue weighted by atomic mass is 10.1. The molecule has 2 aromatic rings. The van der Waals surface area contributed by atoms with Gasteiger partial charge in [-0.3, -0.25) is 4.68 Å². The molecule has 0 aliphatic rings. The monoisotopic (exact) mass is 197 g/mol. The number of fused-ring (bicyclic) bond motifs is 1. The van der Waals surface area contributed by atoms with Crippen LogP contribution in [0.1, 0.15) is 12.0 Å². The van der Waals surface area contributed by atoms with Crippen LogP contribution in [0.4, 0.5) is 0 Å². The highest BCUT2D eigenvalue weighted by Crippen LogP contribution is 2.15. The van der Waals surface area contributed by atoms with Crippen LogP contribution in [0.15, 0.2) is 30.5 Å². The van der Waals surface area contributed by atoms with Crippen molar-refractivity contribution in [2.24, 2.45) is 7.05 Å². The van der Waals surface area contributed by atoms with Gasteiger partial charge in [0.15, 0.2) is 0 Å². The maximum atomic E-state index is 8.41. The first-order valence-corrected chi connectivity index (χ1v) is 4.76. The molecule has 0 saturated heterocycles. The summed E-state index contributed by atoms with van der Waals surface area (Å²) in [7, 11) is 1.92. The van der Waals surface area contributed by atoms with Gasteiger partial charge in [-0.2, -0.15) is 10.4 Å². The summed E-state index contributed by atoms with van der Waals surface area (Å²) in [5.74, 6) is 0. The van der Waals surface area contributed by atoms with Gasteiger partial charge in [0.1, 0.15) is 0 Å². The molecule has 0 saturated carbocycles. The minimum atomic E-state index is 0.448. The molecule has 1 heterocycles. The molecule has 3 nitrogen and oxygen atoms in total. The summed E-state index contributed by atoms with van der Waals surface area (Å²) in [6.45, 7) is 0. The lowest BCUT2D eigenvalue weighted by Gasteiger charge is -1.96. The van der Waals surface area contributed by atoms with E-state index in [-0.39, 0.29) is 0 Å². The fourth-order valence-corrected chi connectivity index (χ4v) is 1.51. The zero-order valence-electron chi connectivity index (χ0n) is 8.51. The van der Waals surface area contributed by atoms with Gasteiger partial charge in [0, 0.05) is 12.4 Å². The minimum Gasteiger partial charge on any atom is -0.268 e. The van der Waals surface area contributed by atoms with Crippen molar-refractivity contribution in [1.29, 1.82) is 5.26 Å². The fraction of sp³-hybridized carbons (Fsp3) is 0.167. The lowest BCUT2D eigenvalue weighted by molar-refractivity contribution is 0.797. The molecule has 15 heavy (non-hydrogen) atoms. The van der Waals surface area contributed by atoms with Crippen molar-refractivity contribution in [2.75, 3.05) is 0 Å². The Hall–Kier alpha value is -2.08. The Morgan fingerprint density at radius 3 is 3.20 bits per heavy atom. The Balaban J connectivity index is 2.38. The summed E-state index contributed by atoms with van der Waals surface area (Å²) < 4.78 is 1.84. The first kappa shape index (κ1) is 9.47. The van der Waals surface area contributed by atoms with Crippen molar-refractivity contribution >= 4 is 17.0 Å². The molecule has 1 aromatic heterocycles. The van der Waals surface area contributed by atoms with Gasteiger partial charge in [0.25, 0.3) is 0 Å². The van der Waals surface area contributed by atoms with Gasteiger partial charge < -0.3 is 0 Å². The van der Waals surface area contributed by atoms with Gasteiger partial charge >= 0.3 is 0 Å². The highest BCUT2D eigenvalue weighted by molar-refractivity contribution is 5.81. The summed E-state index contributed by atoms with van der Waals surface area (Å²) >= 11 is 0. The minimum absolute atomic E-state index is 0.448. The van der Waals surface area contributed by atoms with E-state index in [4.69, 9.17) is 5.26 Å². The second kappa shape index (κ2) is 3.97. The van der Waals surface area contributed by atoms with Gasteiger partial charge in [0.05, 0.1) is 24.2 Å². The van der Waals surface area contributed by atoms with Gasteiger partial charge in [-0.15, -0.1) is 0 Å². The van der Waals surface area contributed by atoms with Gasteiger partial charge in [-0.05, 0) is 11.6 Å². The molecule has 0 amide bonds. The van der Waals surface area contributed by atoms with Crippen molar-refractivity contribution in [2.45, 2.75) is 6.42 Å². The number of hydrogen-bond acceptors (Lipinski definition) is 2. The Morgan fingerprint density at radius 2 is 2.40 bits per heavy atom. The second-order valence-electron chi connectivity index (χ2n) is 3.35. The van der Waals surface area contributed by atoms with Crippen LogP contribution < -0.4 is 0 Å². The molecular weight excluding hydrogens is 186 g/mol. The van der Waals surface area contributed by atoms with Crippen LogP contribution in [0.3, 0.4) is 0 Å².